The highest BCUT2D eigenvalue weighted by Gasteiger charge is 2.36. The van der Waals surface area contributed by atoms with Crippen molar-refractivity contribution in [2.75, 3.05) is 20.2 Å². The molecule has 1 atom stereocenters. The fourth-order valence-corrected chi connectivity index (χ4v) is 3.38. The van der Waals surface area contributed by atoms with Gasteiger partial charge in [-0.05, 0) is 62.4 Å². The number of methoxy groups -OCH3 is 1. The number of esters is 1. The van der Waals surface area contributed by atoms with Crippen molar-refractivity contribution in [1.82, 2.24) is 10.6 Å². The Hall–Kier alpha value is -1.59. The van der Waals surface area contributed by atoms with E-state index in [1.165, 1.54) is 19.1 Å². The first kappa shape index (κ1) is 18.7. The molecule has 1 saturated heterocycles. The maximum absolute atomic E-state index is 12.2. The summed E-state index contributed by atoms with van der Waals surface area (Å²) in [4.78, 5) is 23.5. The fraction of sp³-hybridized carbons (Fsp3) is 0.556. The van der Waals surface area contributed by atoms with Crippen molar-refractivity contribution in [3.8, 4) is 0 Å². The Morgan fingerprint density at radius 3 is 2.54 bits per heavy atom. The Morgan fingerprint density at radius 1 is 1.25 bits per heavy atom. The van der Waals surface area contributed by atoms with Gasteiger partial charge in [0, 0.05) is 11.6 Å². The third kappa shape index (κ3) is 4.48. The van der Waals surface area contributed by atoms with Crippen molar-refractivity contribution in [3.63, 3.8) is 0 Å². The number of hydrogen-bond donors (Lipinski definition) is 2. The second-order valence-corrected chi connectivity index (χ2v) is 6.62. The van der Waals surface area contributed by atoms with Crippen LogP contribution < -0.4 is 10.6 Å². The molecule has 1 aliphatic carbocycles. The Balaban J connectivity index is 0.00000208. The molecule has 1 aromatic rings. The zero-order valence-corrected chi connectivity index (χ0v) is 14.7. The highest BCUT2D eigenvalue weighted by atomic mass is 35.5. The second kappa shape index (κ2) is 8.49. The zero-order valence-electron chi connectivity index (χ0n) is 13.9. The first-order valence-corrected chi connectivity index (χ1v) is 8.34. The Kier molecular flexibility index (Phi) is 6.63. The van der Waals surface area contributed by atoms with E-state index in [9.17, 15) is 9.59 Å². The quantitative estimate of drug-likeness (QED) is 0.795. The Labute approximate surface area is 148 Å². The van der Waals surface area contributed by atoms with Gasteiger partial charge in [-0.2, -0.15) is 0 Å². The monoisotopic (exact) mass is 352 g/mol. The van der Waals surface area contributed by atoms with E-state index < -0.39 is 0 Å². The molecule has 132 valence electrons. The van der Waals surface area contributed by atoms with E-state index in [0.717, 1.165) is 19.5 Å². The summed E-state index contributed by atoms with van der Waals surface area (Å²) in [7, 11) is 1.40. The molecule has 24 heavy (non-hydrogen) atoms. The van der Waals surface area contributed by atoms with Gasteiger partial charge in [-0.1, -0.05) is 12.1 Å². The topological polar surface area (TPSA) is 67.4 Å². The third-order valence-corrected chi connectivity index (χ3v) is 4.91. The highest BCUT2D eigenvalue weighted by Crippen LogP contribution is 2.28. The second-order valence-electron chi connectivity index (χ2n) is 6.62. The summed E-state index contributed by atoms with van der Waals surface area (Å²) in [5.41, 5.74) is 1.96. The van der Waals surface area contributed by atoms with Crippen LogP contribution in [-0.4, -0.2) is 38.1 Å². The summed E-state index contributed by atoms with van der Waals surface area (Å²) in [5, 5.41) is 6.35. The summed E-state index contributed by atoms with van der Waals surface area (Å²) < 4.78 is 4.70. The van der Waals surface area contributed by atoms with Gasteiger partial charge in [0.25, 0.3) is 5.91 Å². The van der Waals surface area contributed by atoms with E-state index in [-0.39, 0.29) is 36.2 Å². The smallest absolute Gasteiger partial charge is 0.308 e. The van der Waals surface area contributed by atoms with E-state index in [4.69, 9.17) is 4.74 Å². The molecule has 0 bridgehead atoms. The molecule has 1 unspecified atom stereocenters. The molecule has 0 aromatic heterocycles. The maximum Gasteiger partial charge on any atom is 0.308 e. The van der Waals surface area contributed by atoms with Crippen molar-refractivity contribution in [3.05, 3.63) is 35.4 Å². The number of nitrogens with one attached hydrogen (secondary N) is 2. The normalized spacial score (nSPS) is 25.3. The van der Waals surface area contributed by atoms with Crippen molar-refractivity contribution in [2.24, 2.45) is 11.8 Å². The predicted octanol–water partition coefficient (Wildman–Crippen LogP) is 1.94. The van der Waals surface area contributed by atoms with Gasteiger partial charge >= 0.3 is 5.97 Å². The minimum Gasteiger partial charge on any atom is -0.469 e. The molecule has 1 aliphatic heterocycles. The molecule has 5 nitrogen and oxygen atoms in total. The lowest BCUT2D eigenvalue weighted by Crippen LogP contribution is -2.47. The zero-order chi connectivity index (χ0) is 16.2. The van der Waals surface area contributed by atoms with Crippen LogP contribution >= 0.6 is 12.4 Å². The van der Waals surface area contributed by atoms with E-state index in [2.05, 4.69) is 10.6 Å². The highest BCUT2D eigenvalue weighted by molar-refractivity contribution is 5.94. The van der Waals surface area contributed by atoms with E-state index >= 15 is 0 Å². The van der Waals surface area contributed by atoms with Crippen LogP contribution in [0.15, 0.2) is 24.3 Å². The molecular weight excluding hydrogens is 328 g/mol. The van der Waals surface area contributed by atoms with Crippen LogP contribution in [0.1, 0.15) is 35.2 Å². The van der Waals surface area contributed by atoms with Crippen molar-refractivity contribution < 1.29 is 14.3 Å². The average molecular weight is 353 g/mol. The van der Waals surface area contributed by atoms with Crippen molar-refractivity contribution in [2.45, 2.75) is 31.7 Å². The van der Waals surface area contributed by atoms with Crippen LogP contribution in [0.2, 0.25) is 0 Å². The summed E-state index contributed by atoms with van der Waals surface area (Å²) in [6, 6.07) is 7.96. The number of amides is 1. The third-order valence-electron chi connectivity index (χ3n) is 4.91. The minimum atomic E-state index is -0.179. The molecule has 1 aromatic carbocycles. The van der Waals surface area contributed by atoms with Gasteiger partial charge in [-0.15, -0.1) is 12.4 Å². The minimum absolute atomic E-state index is 0. The van der Waals surface area contributed by atoms with Crippen molar-refractivity contribution >= 4 is 24.3 Å². The van der Waals surface area contributed by atoms with Crippen LogP contribution in [0.4, 0.5) is 0 Å². The van der Waals surface area contributed by atoms with E-state index in [0.29, 0.717) is 24.3 Å². The van der Waals surface area contributed by atoms with Crippen molar-refractivity contribution in [1.29, 1.82) is 0 Å². The number of rotatable bonds is 5. The molecule has 0 radical (unpaired) electrons. The maximum atomic E-state index is 12.2. The van der Waals surface area contributed by atoms with Gasteiger partial charge in [0.1, 0.15) is 0 Å². The molecule has 2 N–H and O–H groups in total. The van der Waals surface area contributed by atoms with Gasteiger partial charge in [0.05, 0.1) is 13.0 Å². The van der Waals surface area contributed by atoms with Gasteiger partial charge in [0.15, 0.2) is 0 Å². The molecule has 2 aliphatic rings. The standard InChI is InChI=1S/C18H24N2O3.ClH/c1-23-18(22)15-9-16(10-15)20-17(21)14-4-2-12(3-5-14)8-13-6-7-19-11-13;/h2-5,13,15-16,19H,6-11H2,1H3,(H,20,21);1H. The van der Waals surface area contributed by atoms with Crippen LogP contribution in [0, 0.1) is 11.8 Å². The average Bonchev–Trinajstić information content (AvgIpc) is 3.03. The SMILES string of the molecule is COC(=O)C1CC(NC(=O)c2ccc(CC3CCNC3)cc2)C1.Cl. The lowest BCUT2D eigenvalue weighted by Gasteiger charge is -2.33. The number of carbonyl (C=O) groups excluding carboxylic acids is 2. The lowest BCUT2D eigenvalue weighted by molar-refractivity contribution is -0.149. The number of benzene rings is 1. The lowest BCUT2D eigenvalue weighted by atomic mass is 9.80. The first-order valence-electron chi connectivity index (χ1n) is 8.34. The fourth-order valence-electron chi connectivity index (χ4n) is 3.38. The van der Waals surface area contributed by atoms with Gasteiger partial charge in [0.2, 0.25) is 0 Å². The molecule has 3 rings (SSSR count). The Bertz CT molecular complexity index is 564. The number of carbonyl (C=O) groups is 2. The summed E-state index contributed by atoms with van der Waals surface area (Å²) >= 11 is 0. The van der Waals surface area contributed by atoms with Crippen LogP contribution in [0.25, 0.3) is 0 Å². The van der Waals surface area contributed by atoms with Gasteiger partial charge < -0.3 is 15.4 Å². The Morgan fingerprint density at radius 2 is 1.96 bits per heavy atom. The molecule has 1 saturated carbocycles. The predicted molar refractivity (Wildman–Crippen MR) is 94.4 cm³/mol. The van der Waals surface area contributed by atoms with Crippen LogP contribution in [0.5, 0.6) is 0 Å². The molecule has 0 spiro atoms. The first-order chi connectivity index (χ1) is 11.2. The van der Waals surface area contributed by atoms with Crippen LogP contribution in [0.3, 0.4) is 0 Å². The summed E-state index contributed by atoms with van der Waals surface area (Å²) in [6.45, 7) is 2.20. The number of hydrogen-bond acceptors (Lipinski definition) is 4. The summed E-state index contributed by atoms with van der Waals surface area (Å²) in [6.07, 6.45) is 3.64. The van der Waals surface area contributed by atoms with E-state index in [1.54, 1.807) is 0 Å². The molecule has 2 fully saturated rings. The largest absolute Gasteiger partial charge is 0.469 e. The summed E-state index contributed by atoms with van der Waals surface area (Å²) in [5.74, 6) is 0.404. The number of halogens is 1. The number of ether oxygens (including phenoxy) is 1. The molecule has 1 amide bonds. The van der Waals surface area contributed by atoms with E-state index in [1.807, 2.05) is 24.3 Å². The molecule has 6 heteroatoms. The molecule has 1 heterocycles. The van der Waals surface area contributed by atoms with Crippen LogP contribution in [-0.2, 0) is 16.0 Å². The molecular formula is C18H25ClN2O3. The van der Waals surface area contributed by atoms with Gasteiger partial charge in [-0.25, -0.2) is 0 Å². The van der Waals surface area contributed by atoms with Gasteiger partial charge in [-0.3, -0.25) is 9.59 Å².